The SMILES string of the molecule is CCOCCc1noc(C(N)Cc2ccc(O)cc2)n1. The van der Waals surface area contributed by atoms with E-state index in [0.29, 0.717) is 37.8 Å². The molecule has 2 aromatic rings. The lowest BCUT2D eigenvalue weighted by atomic mass is 10.1. The van der Waals surface area contributed by atoms with E-state index in [2.05, 4.69) is 10.1 Å². The smallest absolute Gasteiger partial charge is 0.243 e. The highest BCUT2D eigenvalue weighted by molar-refractivity contribution is 5.26. The number of nitrogens with two attached hydrogens (primary N) is 1. The van der Waals surface area contributed by atoms with E-state index < -0.39 is 0 Å². The fourth-order valence-electron chi connectivity index (χ4n) is 1.80. The highest BCUT2D eigenvalue weighted by Crippen LogP contribution is 2.17. The molecular weight excluding hydrogens is 258 g/mol. The molecule has 1 heterocycles. The largest absolute Gasteiger partial charge is 0.508 e. The number of hydrogen-bond donors (Lipinski definition) is 2. The average molecular weight is 277 g/mol. The normalized spacial score (nSPS) is 12.5. The number of benzene rings is 1. The minimum Gasteiger partial charge on any atom is -0.508 e. The molecule has 1 unspecified atom stereocenters. The second kappa shape index (κ2) is 7.02. The highest BCUT2D eigenvalue weighted by Gasteiger charge is 2.15. The van der Waals surface area contributed by atoms with Gasteiger partial charge >= 0.3 is 0 Å². The minimum atomic E-state index is -0.354. The van der Waals surface area contributed by atoms with Crippen molar-refractivity contribution in [1.29, 1.82) is 0 Å². The van der Waals surface area contributed by atoms with Crippen molar-refractivity contribution in [2.24, 2.45) is 5.73 Å². The summed E-state index contributed by atoms with van der Waals surface area (Å²) >= 11 is 0. The summed E-state index contributed by atoms with van der Waals surface area (Å²) in [6, 6.07) is 6.54. The number of hydrogen-bond acceptors (Lipinski definition) is 6. The van der Waals surface area contributed by atoms with E-state index in [1.165, 1.54) is 0 Å². The van der Waals surface area contributed by atoms with E-state index in [-0.39, 0.29) is 11.8 Å². The summed E-state index contributed by atoms with van der Waals surface area (Å²) in [5, 5.41) is 13.1. The predicted molar refractivity (Wildman–Crippen MR) is 73.2 cm³/mol. The third-order valence-electron chi connectivity index (χ3n) is 2.87. The van der Waals surface area contributed by atoms with Gasteiger partial charge < -0.3 is 20.1 Å². The Labute approximate surface area is 117 Å². The Morgan fingerprint density at radius 3 is 2.80 bits per heavy atom. The third-order valence-corrected chi connectivity index (χ3v) is 2.87. The van der Waals surface area contributed by atoms with E-state index in [4.69, 9.17) is 15.0 Å². The fourth-order valence-corrected chi connectivity index (χ4v) is 1.80. The van der Waals surface area contributed by atoms with Gasteiger partial charge in [-0.15, -0.1) is 0 Å². The summed E-state index contributed by atoms with van der Waals surface area (Å²) in [6.45, 7) is 3.18. The predicted octanol–water partition coefficient (Wildman–Crippen LogP) is 1.60. The van der Waals surface area contributed by atoms with E-state index >= 15 is 0 Å². The summed E-state index contributed by atoms with van der Waals surface area (Å²) in [5.74, 6) is 1.26. The van der Waals surface area contributed by atoms with Crippen LogP contribution in [0.4, 0.5) is 0 Å². The molecule has 0 amide bonds. The van der Waals surface area contributed by atoms with Gasteiger partial charge in [0.05, 0.1) is 12.6 Å². The minimum absolute atomic E-state index is 0.235. The maximum atomic E-state index is 9.23. The molecule has 0 saturated carbocycles. The third kappa shape index (κ3) is 4.04. The van der Waals surface area contributed by atoms with Gasteiger partial charge in [-0.05, 0) is 31.0 Å². The van der Waals surface area contributed by atoms with Gasteiger partial charge in [0.15, 0.2) is 5.82 Å². The maximum absolute atomic E-state index is 9.23. The van der Waals surface area contributed by atoms with Gasteiger partial charge in [-0.25, -0.2) is 0 Å². The molecule has 0 aliphatic carbocycles. The van der Waals surface area contributed by atoms with Crippen molar-refractivity contribution < 1.29 is 14.4 Å². The van der Waals surface area contributed by atoms with Crippen LogP contribution in [0.15, 0.2) is 28.8 Å². The van der Waals surface area contributed by atoms with Gasteiger partial charge in [0.25, 0.3) is 0 Å². The Bertz CT molecular complexity index is 525. The zero-order valence-electron chi connectivity index (χ0n) is 11.5. The maximum Gasteiger partial charge on any atom is 0.243 e. The van der Waals surface area contributed by atoms with Crippen LogP contribution in [0.5, 0.6) is 5.75 Å². The van der Waals surface area contributed by atoms with Crippen LogP contribution in [0.25, 0.3) is 0 Å². The van der Waals surface area contributed by atoms with E-state index in [9.17, 15) is 5.11 Å². The van der Waals surface area contributed by atoms with E-state index in [0.717, 1.165) is 5.56 Å². The number of aromatic hydroxyl groups is 1. The molecule has 0 saturated heterocycles. The molecule has 108 valence electrons. The van der Waals surface area contributed by atoms with Crippen LogP contribution in [0.2, 0.25) is 0 Å². The summed E-state index contributed by atoms with van der Waals surface area (Å²) < 4.78 is 10.4. The van der Waals surface area contributed by atoms with Gasteiger partial charge in [-0.3, -0.25) is 0 Å². The van der Waals surface area contributed by atoms with Gasteiger partial charge in [-0.1, -0.05) is 17.3 Å². The Kier molecular flexibility index (Phi) is 5.09. The second-order valence-corrected chi connectivity index (χ2v) is 4.47. The molecule has 3 N–H and O–H groups in total. The highest BCUT2D eigenvalue weighted by atomic mass is 16.5. The Morgan fingerprint density at radius 2 is 2.10 bits per heavy atom. The summed E-state index contributed by atoms with van der Waals surface area (Å²) in [7, 11) is 0. The number of aromatic nitrogens is 2. The van der Waals surface area contributed by atoms with Crippen LogP contribution in [-0.2, 0) is 17.6 Å². The molecule has 2 rings (SSSR count). The molecule has 0 bridgehead atoms. The lowest BCUT2D eigenvalue weighted by Gasteiger charge is -2.06. The van der Waals surface area contributed by atoms with Crippen molar-refractivity contribution >= 4 is 0 Å². The first-order valence-corrected chi connectivity index (χ1v) is 6.62. The van der Waals surface area contributed by atoms with Gasteiger partial charge in [-0.2, -0.15) is 4.98 Å². The van der Waals surface area contributed by atoms with Crippen LogP contribution in [-0.4, -0.2) is 28.5 Å². The van der Waals surface area contributed by atoms with Crippen molar-refractivity contribution in [3.05, 3.63) is 41.5 Å². The molecule has 20 heavy (non-hydrogen) atoms. The zero-order valence-corrected chi connectivity index (χ0v) is 11.5. The molecule has 0 fully saturated rings. The molecule has 0 spiro atoms. The van der Waals surface area contributed by atoms with Crippen LogP contribution < -0.4 is 5.73 Å². The quantitative estimate of drug-likeness (QED) is 0.746. The van der Waals surface area contributed by atoms with Crippen molar-refractivity contribution in [3.63, 3.8) is 0 Å². The summed E-state index contributed by atoms with van der Waals surface area (Å²) in [5.41, 5.74) is 7.05. The van der Waals surface area contributed by atoms with Crippen LogP contribution in [0.1, 0.15) is 30.2 Å². The Morgan fingerprint density at radius 1 is 1.35 bits per heavy atom. The van der Waals surface area contributed by atoms with Gasteiger partial charge in [0.2, 0.25) is 5.89 Å². The van der Waals surface area contributed by atoms with Crippen LogP contribution in [0, 0.1) is 0 Å². The second-order valence-electron chi connectivity index (χ2n) is 4.47. The Hall–Kier alpha value is -1.92. The number of ether oxygens (including phenoxy) is 1. The topological polar surface area (TPSA) is 94.4 Å². The van der Waals surface area contributed by atoms with Crippen molar-refractivity contribution in [1.82, 2.24) is 10.1 Å². The number of phenolic OH excluding ortho intramolecular Hbond substituents is 1. The number of rotatable bonds is 7. The summed E-state index contributed by atoms with van der Waals surface area (Å²) in [6.07, 6.45) is 1.19. The molecule has 6 nitrogen and oxygen atoms in total. The van der Waals surface area contributed by atoms with E-state index in [1.54, 1.807) is 12.1 Å². The van der Waals surface area contributed by atoms with Crippen molar-refractivity contribution in [2.45, 2.75) is 25.8 Å². The summed E-state index contributed by atoms with van der Waals surface area (Å²) in [4.78, 5) is 4.26. The molecule has 0 aliphatic heterocycles. The molecule has 1 aromatic carbocycles. The fraction of sp³-hybridized carbons (Fsp3) is 0.429. The van der Waals surface area contributed by atoms with Crippen LogP contribution in [0.3, 0.4) is 0 Å². The molecule has 0 aliphatic rings. The molecule has 0 radical (unpaired) electrons. The number of phenols is 1. The first-order chi connectivity index (χ1) is 9.69. The molecule has 1 atom stereocenters. The standard InChI is InChI=1S/C14H19N3O3/c1-2-19-8-7-13-16-14(20-17-13)12(15)9-10-3-5-11(18)6-4-10/h3-6,12,18H,2,7-9,15H2,1H3. The molecule has 1 aromatic heterocycles. The van der Waals surface area contributed by atoms with Crippen molar-refractivity contribution in [2.75, 3.05) is 13.2 Å². The van der Waals surface area contributed by atoms with Gasteiger partial charge in [0.1, 0.15) is 5.75 Å². The number of nitrogens with zero attached hydrogens (tertiary/aromatic N) is 2. The first kappa shape index (κ1) is 14.5. The zero-order chi connectivity index (χ0) is 14.4. The molecular formula is C14H19N3O3. The lowest BCUT2D eigenvalue weighted by molar-refractivity contribution is 0.149. The lowest BCUT2D eigenvalue weighted by Crippen LogP contribution is -2.14. The molecule has 6 heteroatoms. The van der Waals surface area contributed by atoms with Crippen molar-refractivity contribution in [3.8, 4) is 5.75 Å². The monoisotopic (exact) mass is 277 g/mol. The average Bonchev–Trinajstić information content (AvgIpc) is 2.91. The van der Waals surface area contributed by atoms with Gasteiger partial charge in [0, 0.05) is 13.0 Å². The van der Waals surface area contributed by atoms with E-state index in [1.807, 2.05) is 19.1 Å². The van der Waals surface area contributed by atoms with Crippen LogP contribution >= 0.6 is 0 Å². The first-order valence-electron chi connectivity index (χ1n) is 6.62. The Balaban J connectivity index is 1.91.